The lowest BCUT2D eigenvalue weighted by atomic mass is 10.3. The van der Waals surface area contributed by atoms with Gasteiger partial charge in [-0.25, -0.2) is 0 Å². The molecule has 0 aromatic carbocycles. The Morgan fingerprint density at radius 3 is 2.55 bits per heavy atom. The molecule has 2 rings (SSSR count). The summed E-state index contributed by atoms with van der Waals surface area (Å²) in [5.74, 6) is 0.831. The first-order valence-corrected chi connectivity index (χ1v) is 8.39. The van der Waals surface area contributed by atoms with Crippen LogP contribution >= 0.6 is 62.6 Å². The number of guanidine groups is 1. The topological polar surface area (TPSA) is 36.4 Å². The van der Waals surface area contributed by atoms with Crippen molar-refractivity contribution in [2.24, 2.45) is 4.99 Å². The molecule has 0 spiro atoms. The van der Waals surface area contributed by atoms with E-state index in [0.29, 0.717) is 0 Å². The Kier molecular flexibility index (Phi) is 8.08. The molecule has 0 aliphatic rings. The molecule has 0 fully saturated rings. The molecule has 0 bridgehead atoms. The van der Waals surface area contributed by atoms with Gasteiger partial charge in [-0.1, -0.05) is 0 Å². The van der Waals surface area contributed by atoms with Crippen molar-refractivity contribution < 1.29 is 0 Å². The largest absolute Gasteiger partial charge is 0.352 e. The van der Waals surface area contributed by atoms with E-state index in [4.69, 9.17) is 0 Å². The van der Waals surface area contributed by atoms with Crippen molar-refractivity contribution in [2.45, 2.75) is 20.0 Å². The summed E-state index contributed by atoms with van der Waals surface area (Å²) in [7, 11) is 1.79. The zero-order valence-corrected chi connectivity index (χ0v) is 16.8. The van der Waals surface area contributed by atoms with E-state index in [-0.39, 0.29) is 24.0 Å². The smallest absolute Gasteiger partial charge is 0.191 e. The average Bonchev–Trinajstić information content (AvgIpc) is 2.99. The van der Waals surface area contributed by atoms with Crippen molar-refractivity contribution in [3.63, 3.8) is 0 Å². The molecule has 2 aromatic rings. The molecule has 110 valence electrons. The third-order valence-electron chi connectivity index (χ3n) is 2.67. The Balaban J connectivity index is 0.00000200. The van der Waals surface area contributed by atoms with Crippen LogP contribution in [0.2, 0.25) is 0 Å². The number of nitrogens with zero attached hydrogens (tertiary/aromatic N) is 1. The molecule has 2 aromatic heterocycles. The highest BCUT2D eigenvalue weighted by Crippen LogP contribution is 2.21. The van der Waals surface area contributed by atoms with Crippen LogP contribution in [0.15, 0.2) is 32.4 Å². The van der Waals surface area contributed by atoms with Gasteiger partial charge in [-0.15, -0.1) is 46.7 Å². The van der Waals surface area contributed by atoms with Crippen molar-refractivity contribution >= 4 is 68.5 Å². The third-order valence-corrected chi connectivity index (χ3v) is 5.31. The fraction of sp³-hybridized carbons (Fsp3) is 0.308. The molecule has 20 heavy (non-hydrogen) atoms. The highest BCUT2D eigenvalue weighted by atomic mass is 127. The summed E-state index contributed by atoms with van der Waals surface area (Å²) in [6, 6.07) is 6.31. The molecule has 2 heterocycles. The summed E-state index contributed by atoms with van der Waals surface area (Å²) in [4.78, 5) is 6.86. The van der Waals surface area contributed by atoms with Crippen LogP contribution in [0.4, 0.5) is 0 Å². The van der Waals surface area contributed by atoms with Crippen LogP contribution in [0.25, 0.3) is 0 Å². The standard InChI is InChI=1S/C13H16BrN3S2.HI/c1-9-5-6-18-11(9)8-17-13(15-2)16-7-10-3-4-12(14)19-10;/h3-6H,7-8H2,1-2H3,(H2,15,16,17);1H. The number of rotatable bonds is 4. The van der Waals surface area contributed by atoms with E-state index in [0.717, 1.165) is 22.8 Å². The highest BCUT2D eigenvalue weighted by molar-refractivity contribution is 14.0. The van der Waals surface area contributed by atoms with E-state index >= 15 is 0 Å². The Morgan fingerprint density at radius 2 is 2.00 bits per heavy atom. The van der Waals surface area contributed by atoms with Crippen LogP contribution in [0.3, 0.4) is 0 Å². The lowest BCUT2D eigenvalue weighted by Crippen LogP contribution is -2.36. The van der Waals surface area contributed by atoms with Crippen LogP contribution in [-0.4, -0.2) is 13.0 Å². The maximum atomic E-state index is 4.23. The summed E-state index contributed by atoms with van der Waals surface area (Å²) >= 11 is 6.97. The molecule has 0 radical (unpaired) electrons. The Labute approximate surface area is 153 Å². The number of thiophene rings is 2. The van der Waals surface area contributed by atoms with Crippen LogP contribution in [-0.2, 0) is 13.1 Å². The molecule has 0 saturated heterocycles. The zero-order valence-electron chi connectivity index (χ0n) is 11.3. The van der Waals surface area contributed by atoms with Gasteiger partial charge in [0.15, 0.2) is 5.96 Å². The summed E-state index contributed by atoms with van der Waals surface area (Å²) < 4.78 is 1.15. The molecular weight excluding hydrogens is 469 g/mol. The summed E-state index contributed by atoms with van der Waals surface area (Å²) in [6.45, 7) is 3.74. The fourth-order valence-corrected chi connectivity index (χ4v) is 3.86. The number of hydrogen-bond donors (Lipinski definition) is 2. The predicted octanol–water partition coefficient (Wildman–Crippen LogP) is 4.36. The molecule has 2 N–H and O–H groups in total. The minimum absolute atomic E-state index is 0. The van der Waals surface area contributed by atoms with Crippen LogP contribution in [0, 0.1) is 6.92 Å². The molecule has 0 aliphatic heterocycles. The van der Waals surface area contributed by atoms with Gasteiger partial charge in [0.2, 0.25) is 0 Å². The zero-order chi connectivity index (χ0) is 13.7. The van der Waals surface area contributed by atoms with Gasteiger partial charge in [-0.05, 0) is 52.0 Å². The normalized spacial score (nSPS) is 11.1. The Morgan fingerprint density at radius 1 is 1.25 bits per heavy atom. The second-order valence-corrected chi connectivity index (χ2v) is 7.56. The van der Waals surface area contributed by atoms with Gasteiger partial charge in [-0.3, -0.25) is 4.99 Å². The van der Waals surface area contributed by atoms with Crippen molar-refractivity contribution in [3.8, 4) is 0 Å². The minimum atomic E-state index is 0. The number of aliphatic imine (C=N–C) groups is 1. The Hall–Kier alpha value is -0.120. The first kappa shape index (κ1) is 17.9. The maximum Gasteiger partial charge on any atom is 0.191 e. The maximum absolute atomic E-state index is 4.23. The van der Waals surface area contributed by atoms with Crippen molar-refractivity contribution in [1.29, 1.82) is 0 Å². The van der Waals surface area contributed by atoms with Crippen LogP contribution in [0.5, 0.6) is 0 Å². The minimum Gasteiger partial charge on any atom is -0.352 e. The summed E-state index contributed by atoms with van der Waals surface area (Å²) in [5, 5.41) is 8.76. The van der Waals surface area contributed by atoms with Crippen molar-refractivity contribution in [2.75, 3.05) is 7.05 Å². The van der Waals surface area contributed by atoms with Gasteiger partial charge < -0.3 is 10.6 Å². The van der Waals surface area contributed by atoms with Gasteiger partial charge in [-0.2, -0.15) is 0 Å². The van der Waals surface area contributed by atoms with E-state index in [2.05, 4.69) is 62.1 Å². The second kappa shape index (κ2) is 9.01. The first-order valence-electron chi connectivity index (χ1n) is 5.90. The van der Waals surface area contributed by atoms with Crippen molar-refractivity contribution in [3.05, 3.63) is 42.7 Å². The quantitative estimate of drug-likeness (QED) is 0.383. The lowest BCUT2D eigenvalue weighted by Gasteiger charge is -2.10. The number of hydrogen-bond acceptors (Lipinski definition) is 3. The predicted molar refractivity (Wildman–Crippen MR) is 104 cm³/mol. The Bertz CT molecular complexity index is 565. The molecular formula is C13H17BrIN3S2. The number of halogens is 2. The molecule has 0 aliphatic carbocycles. The molecule has 0 unspecified atom stereocenters. The molecule has 0 atom stereocenters. The summed E-state index contributed by atoms with van der Waals surface area (Å²) in [5.41, 5.74) is 1.33. The van der Waals surface area contributed by atoms with E-state index in [1.807, 2.05) is 0 Å². The average molecular weight is 486 g/mol. The number of aryl methyl sites for hydroxylation is 1. The fourth-order valence-electron chi connectivity index (χ4n) is 1.59. The van der Waals surface area contributed by atoms with E-state index in [1.165, 1.54) is 15.3 Å². The van der Waals surface area contributed by atoms with Crippen LogP contribution < -0.4 is 10.6 Å². The van der Waals surface area contributed by atoms with Crippen LogP contribution in [0.1, 0.15) is 15.3 Å². The third kappa shape index (κ3) is 5.34. The van der Waals surface area contributed by atoms with Gasteiger partial charge in [0.1, 0.15) is 0 Å². The van der Waals surface area contributed by atoms with Gasteiger partial charge >= 0.3 is 0 Å². The van der Waals surface area contributed by atoms with Gasteiger partial charge in [0.25, 0.3) is 0 Å². The first-order chi connectivity index (χ1) is 9.19. The monoisotopic (exact) mass is 485 g/mol. The van der Waals surface area contributed by atoms with Crippen molar-refractivity contribution in [1.82, 2.24) is 10.6 Å². The van der Waals surface area contributed by atoms with Gasteiger partial charge in [0, 0.05) is 16.8 Å². The number of nitrogens with one attached hydrogen (secondary N) is 2. The molecule has 0 amide bonds. The second-order valence-electron chi connectivity index (χ2n) is 4.01. The van der Waals surface area contributed by atoms with E-state index in [9.17, 15) is 0 Å². The molecule has 3 nitrogen and oxygen atoms in total. The molecule has 7 heteroatoms. The lowest BCUT2D eigenvalue weighted by molar-refractivity contribution is 0.820. The highest BCUT2D eigenvalue weighted by Gasteiger charge is 2.03. The summed E-state index contributed by atoms with van der Waals surface area (Å²) in [6.07, 6.45) is 0. The van der Waals surface area contributed by atoms with Gasteiger partial charge in [0.05, 0.1) is 16.9 Å². The van der Waals surface area contributed by atoms with E-state index < -0.39 is 0 Å². The molecule has 0 saturated carbocycles. The SMILES string of the molecule is CN=C(NCc1ccc(Br)s1)NCc1sccc1C.I. The van der Waals surface area contributed by atoms with E-state index in [1.54, 1.807) is 29.7 Å².